The molecule has 5 rings (SSSR count). The van der Waals surface area contributed by atoms with Crippen molar-refractivity contribution in [2.24, 2.45) is 0 Å². The van der Waals surface area contributed by atoms with Gasteiger partial charge in [0.15, 0.2) is 16.5 Å². The number of aromatic nitrogens is 2. The fraction of sp³-hybridized carbons (Fsp3) is 0.120. The lowest BCUT2D eigenvalue weighted by Crippen LogP contribution is -2.22. The molecule has 0 aliphatic carbocycles. The number of thiazole rings is 1. The van der Waals surface area contributed by atoms with Gasteiger partial charge in [-0.05, 0) is 60.5 Å². The van der Waals surface area contributed by atoms with Gasteiger partial charge in [0, 0.05) is 0 Å². The summed E-state index contributed by atoms with van der Waals surface area (Å²) < 4.78 is 27.2. The smallest absolute Gasteiger partial charge is 0.274 e. The molecular weight excluding hydrogens is 463 g/mol. The van der Waals surface area contributed by atoms with Crippen LogP contribution in [0.2, 0.25) is 5.02 Å². The van der Waals surface area contributed by atoms with Gasteiger partial charge >= 0.3 is 0 Å². The van der Waals surface area contributed by atoms with Gasteiger partial charge in [0.1, 0.15) is 12.4 Å². The summed E-state index contributed by atoms with van der Waals surface area (Å²) in [5.41, 5.74) is 2.81. The number of ether oxygens (including phenoxy) is 2. The Morgan fingerprint density at radius 2 is 1.97 bits per heavy atom. The third-order valence-electron chi connectivity index (χ3n) is 5.05. The molecule has 2 aromatic heterocycles. The van der Waals surface area contributed by atoms with E-state index in [0.29, 0.717) is 43.7 Å². The summed E-state index contributed by atoms with van der Waals surface area (Å²) in [4.78, 5) is 18.2. The van der Waals surface area contributed by atoms with Crippen LogP contribution >= 0.6 is 22.9 Å². The molecule has 0 bridgehead atoms. The van der Waals surface area contributed by atoms with Crippen molar-refractivity contribution >= 4 is 45.0 Å². The Kier molecular flexibility index (Phi) is 5.74. The lowest BCUT2D eigenvalue weighted by Gasteiger charge is -2.14. The monoisotopic (exact) mass is 480 g/mol. The maximum atomic E-state index is 13.5. The zero-order valence-electron chi connectivity index (χ0n) is 17.5. The minimum Gasteiger partial charge on any atom is -0.490 e. The van der Waals surface area contributed by atoms with Gasteiger partial charge in [-0.15, -0.1) is 0 Å². The van der Waals surface area contributed by atoms with Crippen molar-refractivity contribution in [1.82, 2.24) is 9.38 Å². The van der Waals surface area contributed by atoms with Crippen LogP contribution in [0.5, 0.6) is 11.5 Å². The SMILES string of the molecule is CCOc1cc(/C=c2\sc3nc4ccccc4n3c2=O)cc(Cl)c1OCc1cccc(F)c1. The molecule has 0 saturated carbocycles. The molecule has 0 aliphatic rings. The van der Waals surface area contributed by atoms with Gasteiger partial charge in [-0.2, -0.15) is 0 Å². The van der Waals surface area contributed by atoms with E-state index in [9.17, 15) is 9.18 Å². The van der Waals surface area contributed by atoms with Crippen molar-refractivity contribution in [1.29, 1.82) is 0 Å². The van der Waals surface area contributed by atoms with Crippen molar-refractivity contribution in [3.8, 4) is 11.5 Å². The molecule has 0 spiro atoms. The van der Waals surface area contributed by atoms with Gasteiger partial charge in [0.05, 0.1) is 27.2 Å². The molecule has 8 heteroatoms. The molecule has 2 heterocycles. The van der Waals surface area contributed by atoms with Crippen LogP contribution in [-0.2, 0) is 6.61 Å². The van der Waals surface area contributed by atoms with Gasteiger partial charge in [-0.3, -0.25) is 4.79 Å². The van der Waals surface area contributed by atoms with Crippen LogP contribution < -0.4 is 19.6 Å². The van der Waals surface area contributed by atoms with Crippen molar-refractivity contribution in [2.45, 2.75) is 13.5 Å². The summed E-state index contributed by atoms with van der Waals surface area (Å²) in [5, 5.41) is 0.336. The Morgan fingerprint density at radius 3 is 2.79 bits per heavy atom. The summed E-state index contributed by atoms with van der Waals surface area (Å²) in [6.45, 7) is 2.40. The highest BCUT2D eigenvalue weighted by Crippen LogP contribution is 2.37. The number of fused-ring (bicyclic) bond motifs is 3. The van der Waals surface area contributed by atoms with Crippen LogP contribution in [0.4, 0.5) is 4.39 Å². The summed E-state index contributed by atoms with van der Waals surface area (Å²) in [7, 11) is 0. The van der Waals surface area contributed by atoms with Crippen molar-refractivity contribution in [3.63, 3.8) is 0 Å². The highest BCUT2D eigenvalue weighted by atomic mass is 35.5. The van der Waals surface area contributed by atoms with Gasteiger partial charge in [-0.1, -0.05) is 47.2 Å². The Hall–Kier alpha value is -3.42. The Morgan fingerprint density at radius 1 is 1.12 bits per heavy atom. The van der Waals surface area contributed by atoms with Crippen LogP contribution in [-0.4, -0.2) is 16.0 Å². The molecule has 0 amide bonds. The van der Waals surface area contributed by atoms with Crippen LogP contribution in [0.25, 0.3) is 22.1 Å². The maximum Gasteiger partial charge on any atom is 0.274 e. The van der Waals surface area contributed by atoms with Crippen LogP contribution in [0, 0.1) is 5.82 Å². The predicted octanol–water partition coefficient (Wildman–Crippen LogP) is 5.23. The summed E-state index contributed by atoms with van der Waals surface area (Å²) in [5.74, 6) is 0.488. The molecule has 5 nitrogen and oxygen atoms in total. The van der Waals surface area contributed by atoms with Gasteiger partial charge in [0.25, 0.3) is 5.56 Å². The average molecular weight is 481 g/mol. The lowest BCUT2D eigenvalue weighted by atomic mass is 10.2. The third-order valence-corrected chi connectivity index (χ3v) is 6.30. The highest BCUT2D eigenvalue weighted by molar-refractivity contribution is 7.15. The Bertz CT molecular complexity index is 1600. The first kappa shape index (κ1) is 21.4. The molecule has 0 N–H and O–H groups in total. The number of benzene rings is 3. The largest absolute Gasteiger partial charge is 0.490 e. The van der Waals surface area contributed by atoms with E-state index in [4.69, 9.17) is 21.1 Å². The number of nitrogens with zero attached hydrogens (tertiary/aromatic N) is 2. The molecule has 0 unspecified atom stereocenters. The molecule has 0 fully saturated rings. The summed E-state index contributed by atoms with van der Waals surface area (Å²) in [6.07, 6.45) is 1.77. The topological polar surface area (TPSA) is 52.8 Å². The van der Waals surface area contributed by atoms with E-state index in [1.807, 2.05) is 31.2 Å². The van der Waals surface area contributed by atoms with Crippen LogP contribution in [0.15, 0.2) is 65.5 Å². The second-order valence-electron chi connectivity index (χ2n) is 7.32. The summed E-state index contributed by atoms with van der Waals surface area (Å²) in [6, 6.07) is 17.2. The van der Waals surface area contributed by atoms with Crippen molar-refractivity contribution in [3.05, 3.63) is 97.5 Å². The maximum absolute atomic E-state index is 13.5. The number of rotatable bonds is 6. The minimum absolute atomic E-state index is 0.135. The Balaban J connectivity index is 1.53. The molecule has 3 aromatic carbocycles. The second-order valence-corrected chi connectivity index (χ2v) is 8.73. The number of para-hydroxylation sites is 2. The first-order chi connectivity index (χ1) is 16.0. The quantitative estimate of drug-likeness (QED) is 0.334. The fourth-order valence-electron chi connectivity index (χ4n) is 3.62. The Labute approximate surface area is 197 Å². The third kappa shape index (κ3) is 4.17. The molecule has 5 aromatic rings. The standard InChI is InChI=1S/C25H18ClFN2O3S/c1-2-31-21-12-16(11-18(26)23(21)32-14-15-6-5-7-17(27)10-15)13-22-24(30)29-20-9-4-3-8-19(20)28-25(29)33-22/h3-13H,2,14H2,1H3/b22-13-. The van der Waals surface area contributed by atoms with E-state index in [1.165, 1.54) is 23.5 Å². The average Bonchev–Trinajstić information content (AvgIpc) is 3.29. The zero-order valence-corrected chi connectivity index (χ0v) is 19.1. The van der Waals surface area contributed by atoms with Crippen molar-refractivity contribution < 1.29 is 13.9 Å². The minimum atomic E-state index is -0.333. The zero-order chi connectivity index (χ0) is 22.9. The molecule has 0 atom stereocenters. The van der Waals surface area contributed by atoms with E-state index in [1.54, 1.807) is 34.7 Å². The number of hydrogen-bond donors (Lipinski definition) is 0. The fourth-order valence-corrected chi connectivity index (χ4v) is 4.88. The van der Waals surface area contributed by atoms with E-state index in [-0.39, 0.29) is 18.0 Å². The van der Waals surface area contributed by atoms with Gasteiger partial charge in [-0.25, -0.2) is 13.8 Å². The number of hydrogen-bond acceptors (Lipinski definition) is 5. The van der Waals surface area contributed by atoms with Gasteiger partial charge < -0.3 is 9.47 Å². The molecule has 166 valence electrons. The predicted molar refractivity (Wildman–Crippen MR) is 129 cm³/mol. The number of imidazole rings is 1. The molecule has 0 aliphatic heterocycles. The summed E-state index contributed by atoms with van der Waals surface area (Å²) >= 11 is 7.83. The van der Waals surface area contributed by atoms with Crippen molar-refractivity contribution in [2.75, 3.05) is 6.61 Å². The van der Waals surface area contributed by atoms with E-state index in [2.05, 4.69) is 4.98 Å². The second kappa shape index (κ2) is 8.84. The van der Waals surface area contributed by atoms with Crippen LogP contribution in [0.3, 0.4) is 0 Å². The highest BCUT2D eigenvalue weighted by Gasteiger charge is 2.14. The van der Waals surface area contributed by atoms with Gasteiger partial charge in [0.2, 0.25) is 0 Å². The number of halogens is 2. The molecule has 33 heavy (non-hydrogen) atoms. The first-order valence-electron chi connectivity index (χ1n) is 10.3. The van der Waals surface area contributed by atoms with E-state index >= 15 is 0 Å². The normalized spacial score (nSPS) is 12.0. The van der Waals surface area contributed by atoms with Crippen LogP contribution in [0.1, 0.15) is 18.1 Å². The first-order valence-corrected chi connectivity index (χ1v) is 11.5. The molecule has 0 radical (unpaired) electrons. The lowest BCUT2D eigenvalue weighted by molar-refractivity contribution is 0.269. The van der Waals surface area contributed by atoms with E-state index < -0.39 is 0 Å². The molecule has 0 saturated heterocycles. The molecular formula is C25H18ClFN2O3S. The van der Waals surface area contributed by atoms with E-state index in [0.717, 1.165) is 11.0 Å².